The molecule has 4 atom stereocenters. The molecule has 1 saturated heterocycles. The van der Waals surface area contributed by atoms with Gasteiger partial charge in [-0.2, -0.15) is 18.2 Å². The zero-order chi connectivity index (χ0) is 30.2. The minimum atomic E-state index is -4.78. The molecule has 6 rings (SSSR count). The summed E-state index contributed by atoms with van der Waals surface area (Å²) < 4.78 is 40.2. The Kier molecular flexibility index (Phi) is 6.41. The largest absolute Gasteiger partial charge is 0.508 e. The Labute approximate surface area is 242 Å². The molecule has 216 valence electrons. The molecule has 3 aliphatic carbocycles. The molecule has 8 nitrogen and oxygen atoms in total. The molecule has 1 N–H and O–H groups in total. The van der Waals surface area contributed by atoms with Gasteiger partial charge < -0.3 is 5.11 Å². The third-order valence-electron chi connectivity index (χ3n) is 8.47. The van der Waals surface area contributed by atoms with Crippen molar-refractivity contribution in [1.29, 1.82) is 0 Å². The zero-order valence-corrected chi connectivity index (χ0v) is 23.0. The summed E-state index contributed by atoms with van der Waals surface area (Å²) in [6.07, 6.45) is -1.53. The molecule has 0 radical (unpaired) electrons. The summed E-state index contributed by atoms with van der Waals surface area (Å²) in [6.45, 7) is 1.54. The molecule has 2 amide bonds. The average Bonchev–Trinajstić information content (AvgIpc) is 3.19. The van der Waals surface area contributed by atoms with Crippen LogP contribution in [0, 0.1) is 17.8 Å². The maximum atomic E-state index is 14.0. The number of nitrogens with zero attached hydrogens (tertiary/aromatic N) is 3. The number of pyridine rings is 1. The lowest BCUT2D eigenvalue weighted by Crippen LogP contribution is -2.46. The van der Waals surface area contributed by atoms with Crippen molar-refractivity contribution in [1.82, 2.24) is 9.99 Å². The monoisotopic (exact) mass is 597 g/mol. The quantitative estimate of drug-likeness (QED) is 0.303. The summed E-state index contributed by atoms with van der Waals surface area (Å²) in [4.78, 5) is 57.9. The van der Waals surface area contributed by atoms with Crippen LogP contribution in [-0.4, -0.2) is 45.5 Å². The Morgan fingerprint density at radius 1 is 1.07 bits per heavy atom. The van der Waals surface area contributed by atoms with E-state index in [1.807, 2.05) is 0 Å². The molecule has 0 spiro atoms. The molecule has 1 aliphatic heterocycles. The van der Waals surface area contributed by atoms with E-state index in [1.54, 1.807) is 18.2 Å². The molecule has 1 fully saturated rings. The third kappa shape index (κ3) is 4.17. The molecular weight excluding hydrogens is 575 g/mol. The summed E-state index contributed by atoms with van der Waals surface area (Å²) in [7, 11) is 1.24. The molecular formula is C30H23ClF3N3O5. The number of halogens is 4. The molecule has 2 aromatic rings. The SMILES string of the molecule is CC1=CC(=O)C2=C(C[C@@H]3C(=CC[C@@H]4C(=O)N(N(C)c5nc(C(F)(F)F)ccc5Cl)C(=O)[C@@H]43)[C@@H]2c2cccc(O)c2)C1=O. The predicted molar refractivity (Wildman–Crippen MR) is 144 cm³/mol. The van der Waals surface area contributed by atoms with Crippen LogP contribution in [0.5, 0.6) is 5.75 Å². The number of ketones is 2. The number of alkyl halides is 3. The normalized spacial score (nSPS) is 25.6. The van der Waals surface area contributed by atoms with Crippen molar-refractivity contribution in [2.45, 2.75) is 31.9 Å². The predicted octanol–water partition coefficient (Wildman–Crippen LogP) is 4.94. The van der Waals surface area contributed by atoms with Gasteiger partial charge in [-0.25, -0.2) is 4.98 Å². The Morgan fingerprint density at radius 3 is 2.50 bits per heavy atom. The minimum Gasteiger partial charge on any atom is -0.508 e. The first-order valence-electron chi connectivity index (χ1n) is 13.1. The van der Waals surface area contributed by atoms with E-state index in [9.17, 15) is 37.5 Å². The van der Waals surface area contributed by atoms with E-state index < -0.39 is 53.2 Å². The van der Waals surface area contributed by atoms with Crippen molar-refractivity contribution in [3.8, 4) is 5.75 Å². The van der Waals surface area contributed by atoms with Crippen molar-refractivity contribution in [3.63, 3.8) is 0 Å². The van der Waals surface area contributed by atoms with Crippen LogP contribution < -0.4 is 5.01 Å². The van der Waals surface area contributed by atoms with Gasteiger partial charge in [0.15, 0.2) is 17.4 Å². The fourth-order valence-electron chi connectivity index (χ4n) is 6.66. The van der Waals surface area contributed by atoms with Crippen LogP contribution in [0.3, 0.4) is 0 Å². The Bertz CT molecular complexity index is 1690. The highest BCUT2D eigenvalue weighted by Gasteiger charge is 2.57. The fourth-order valence-corrected chi connectivity index (χ4v) is 6.88. The van der Waals surface area contributed by atoms with Crippen LogP contribution in [0.15, 0.2) is 70.8 Å². The molecule has 12 heteroatoms. The average molecular weight is 598 g/mol. The van der Waals surface area contributed by atoms with E-state index >= 15 is 0 Å². The lowest BCUT2D eigenvalue weighted by atomic mass is 9.59. The van der Waals surface area contributed by atoms with Crippen molar-refractivity contribution in [3.05, 3.63) is 87.1 Å². The summed E-state index contributed by atoms with van der Waals surface area (Å²) in [5.41, 5.74) is 0.786. The number of hydrogen-bond acceptors (Lipinski definition) is 7. The molecule has 42 heavy (non-hydrogen) atoms. The number of hydrazine groups is 1. The lowest BCUT2D eigenvalue weighted by molar-refractivity contribution is -0.141. The standard InChI is InChI=1S/C30H23ClF3N3O5/c1-13-10-21(39)25-19(26(13)40)12-18-16(23(25)14-4-3-5-15(38)11-14)6-7-17-24(18)29(42)37(28(17)41)36(2)27-20(31)8-9-22(35-27)30(32,33)34/h3-6,8-11,17-18,23-24,38H,7,12H2,1-2H3/t17-,18+,23-,24-/m0/s1. The van der Waals surface area contributed by atoms with Crippen molar-refractivity contribution in [2.24, 2.45) is 17.8 Å². The van der Waals surface area contributed by atoms with E-state index in [4.69, 9.17) is 11.6 Å². The van der Waals surface area contributed by atoms with Crippen LogP contribution in [0.1, 0.15) is 36.9 Å². The summed E-state index contributed by atoms with van der Waals surface area (Å²) >= 11 is 6.17. The topological polar surface area (TPSA) is 108 Å². The highest BCUT2D eigenvalue weighted by molar-refractivity contribution is 6.33. The van der Waals surface area contributed by atoms with Crippen molar-refractivity contribution in [2.75, 3.05) is 12.1 Å². The number of imide groups is 1. The third-order valence-corrected chi connectivity index (χ3v) is 8.76. The van der Waals surface area contributed by atoms with Crippen LogP contribution in [0.2, 0.25) is 5.02 Å². The van der Waals surface area contributed by atoms with Crippen molar-refractivity contribution >= 4 is 40.8 Å². The summed E-state index contributed by atoms with van der Waals surface area (Å²) in [5, 5.41) is 11.7. The maximum absolute atomic E-state index is 14.0. The van der Waals surface area contributed by atoms with Gasteiger partial charge in [0, 0.05) is 29.7 Å². The number of aromatic hydroxyl groups is 1. The van der Waals surface area contributed by atoms with E-state index in [0.29, 0.717) is 17.2 Å². The van der Waals surface area contributed by atoms with Crippen LogP contribution in [-0.2, 0) is 25.4 Å². The number of carbonyl (C=O) groups excluding carboxylic acids is 4. The Hall–Kier alpha value is -4.25. The maximum Gasteiger partial charge on any atom is 0.433 e. The van der Waals surface area contributed by atoms with Gasteiger partial charge in [0.25, 0.3) is 11.8 Å². The first-order chi connectivity index (χ1) is 19.8. The zero-order valence-electron chi connectivity index (χ0n) is 22.3. The number of fused-ring (bicyclic) bond motifs is 3. The Balaban J connectivity index is 1.43. The van der Waals surface area contributed by atoms with E-state index in [1.165, 1.54) is 32.2 Å². The van der Waals surface area contributed by atoms with Crippen LogP contribution in [0.4, 0.5) is 19.0 Å². The van der Waals surface area contributed by atoms with Crippen LogP contribution in [0.25, 0.3) is 0 Å². The number of benzene rings is 1. The smallest absolute Gasteiger partial charge is 0.433 e. The molecule has 1 aromatic heterocycles. The number of carbonyl (C=O) groups is 4. The van der Waals surface area contributed by atoms with Crippen molar-refractivity contribution < 1.29 is 37.5 Å². The number of anilines is 1. The second kappa shape index (κ2) is 9.65. The number of Topliss-reactive ketones (excluding diaryl/α,β-unsaturated/α-hetero) is 1. The van der Waals surface area contributed by atoms with Gasteiger partial charge >= 0.3 is 6.18 Å². The first-order valence-corrected chi connectivity index (χ1v) is 13.5. The number of phenolic OH excluding ortho intramolecular Hbond substituents is 1. The second-order valence-corrected chi connectivity index (χ2v) is 11.2. The minimum absolute atomic E-state index is 0.0343. The number of amides is 2. The molecule has 1 aromatic carbocycles. The highest BCUT2D eigenvalue weighted by atomic mass is 35.5. The lowest BCUT2D eigenvalue weighted by Gasteiger charge is -2.42. The van der Waals surface area contributed by atoms with Gasteiger partial charge in [0.1, 0.15) is 11.4 Å². The van der Waals surface area contributed by atoms with Gasteiger partial charge in [-0.05, 0) is 61.6 Å². The Morgan fingerprint density at radius 2 is 1.81 bits per heavy atom. The molecule has 0 bridgehead atoms. The number of allylic oxidation sites excluding steroid dienone is 6. The molecule has 0 unspecified atom stereocenters. The van der Waals surface area contributed by atoms with E-state index in [0.717, 1.165) is 16.1 Å². The van der Waals surface area contributed by atoms with Gasteiger partial charge in [-0.3, -0.25) is 24.2 Å². The number of hydrogen-bond donors (Lipinski definition) is 1. The summed E-state index contributed by atoms with van der Waals surface area (Å²) in [6, 6.07) is 8.01. The van der Waals surface area contributed by atoms with Gasteiger partial charge in [0.05, 0.1) is 16.9 Å². The number of aromatic nitrogens is 1. The first kappa shape index (κ1) is 27.9. The van der Waals surface area contributed by atoms with Gasteiger partial charge in [-0.1, -0.05) is 35.4 Å². The molecule has 2 heterocycles. The van der Waals surface area contributed by atoms with Gasteiger partial charge in [-0.15, -0.1) is 0 Å². The second-order valence-electron chi connectivity index (χ2n) is 10.8. The number of phenols is 1. The highest BCUT2D eigenvalue weighted by Crippen LogP contribution is 2.55. The fraction of sp³-hybridized carbons (Fsp3) is 0.300. The van der Waals surface area contributed by atoms with E-state index in [2.05, 4.69) is 4.98 Å². The molecule has 0 saturated carbocycles. The van der Waals surface area contributed by atoms with Gasteiger partial charge in [0.2, 0.25) is 0 Å². The summed E-state index contributed by atoms with van der Waals surface area (Å²) in [5.74, 6) is -5.62. The van der Waals surface area contributed by atoms with E-state index in [-0.39, 0.29) is 51.9 Å². The van der Waals surface area contributed by atoms with Crippen LogP contribution >= 0.6 is 11.6 Å². The molecule has 4 aliphatic rings. The number of rotatable bonds is 3.